The van der Waals surface area contributed by atoms with Crippen LogP contribution in [0.25, 0.3) is 0 Å². The number of carbonyl (C=O) groups excluding carboxylic acids is 1. The van der Waals surface area contributed by atoms with Gasteiger partial charge in [0.15, 0.2) is 5.69 Å². The molecule has 0 unspecified atom stereocenters. The molecular formula is C13H17N3O2S. The van der Waals surface area contributed by atoms with E-state index in [-0.39, 0.29) is 5.69 Å². The molecule has 0 bridgehead atoms. The molecule has 2 aromatic rings. The van der Waals surface area contributed by atoms with Crippen LogP contribution in [-0.4, -0.2) is 22.1 Å². The molecule has 0 fully saturated rings. The van der Waals surface area contributed by atoms with Crippen LogP contribution in [0.4, 0.5) is 5.82 Å². The van der Waals surface area contributed by atoms with Crippen molar-refractivity contribution >= 4 is 23.1 Å². The van der Waals surface area contributed by atoms with Crippen molar-refractivity contribution in [2.75, 3.05) is 12.3 Å². The predicted octanol–water partition coefficient (Wildman–Crippen LogP) is 2.25. The monoisotopic (exact) mass is 279 g/mol. The number of aromatic nitrogens is 2. The van der Waals surface area contributed by atoms with E-state index in [0.717, 1.165) is 12.2 Å². The van der Waals surface area contributed by atoms with Gasteiger partial charge in [0.1, 0.15) is 11.6 Å². The summed E-state index contributed by atoms with van der Waals surface area (Å²) in [5, 5.41) is 4.15. The van der Waals surface area contributed by atoms with Crippen molar-refractivity contribution in [2.24, 2.45) is 0 Å². The lowest BCUT2D eigenvalue weighted by molar-refractivity contribution is 0.0521. The van der Waals surface area contributed by atoms with Crippen LogP contribution in [0.1, 0.15) is 28.8 Å². The molecular weight excluding hydrogens is 262 g/mol. The fourth-order valence-electron chi connectivity index (χ4n) is 1.89. The summed E-state index contributed by atoms with van der Waals surface area (Å²) < 4.78 is 6.79. The van der Waals surface area contributed by atoms with Gasteiger partial charge in [0.2, 0.25) is 0 Å². The molecule has 0 atom stereocenters. The molecule has 0 aliphatic carbocycles. The van der Waals surface area contributed by atoms with Crippen molar-refractivity contribution in [3.63, 3.8) is 0 Å². The number of ether oxygens (including phenoxy) is 1. The number of esters is 1. The Morgan fingerprint density at radius 3 is 3.00 bits per heavy atom. The summed E-state index contributed by atoms with van der Waals surface area (Å²) in [7, 11) is 0. The Morgan fingerprint density at radius 2 is 2.37 bits per heavy atom. The van der Waals surface area contributed by atoms with Crippen molar-refractivity contribution in [2.45, 2.75) is 26.8 Å². The third kappa shape index (κ3) is 2.96. The molecule has 5 nitrogen and oxygen atoms in total. The third-order valence-corrected chi connectivity index (χ3v) is 3.60. The molecule has 0 aliphatic rings. The van der Waals surface area contributed by atoms with Gasteiger partial charge in [-0.05, 0) is 42.7 Å². The number of nitrogens with zero attached hydrogens (tertiary/aromatic N) is 2. The summed E-state index contributed by atoms with van der Waals surface area (Å²) >= 11 is 1.67. The van der Waals surface area contributed by atoms with E-state index < -0.39 is 5.97 Å². The normalized spacial score (nSPS) is 10.6. The SMILES string of the molecule is CCOC(=O)c1nc(C)n(CCc2ccsc2)c1N. The molecule has 0 radical (unpaired) electrons. The van der Waals surface area contributed by atoms with Gasteiger partial charge in [0.25, 0.3) is 0 Å². The Kier molecular flexibility index (Phi) is 4.21. The van der Waals surface area contributed by atoms with E-state index in [1.54, 1.807) is 18.3 Å². The number of anilines is 1. The average molecular weight is 279 g/mol. The quantitative estimate of drug-likeness (QED) is 0.852. The van der Waals surface area contributed by atoms with Gasteiger partial charge >= 0.3 is 5.97 Å². The van der Waals surface area contributed by atoms with Gasteiger partial charge in [-0.3, -0.25) is 0 Å². The zero-order chi connectivity index (χ0) is 13.8. The zero-order valence-corrected chi connectivity index (χ0v) is 11.9. The van der Waals surface area contributed by atoms with Gasteiger partial charge in [0, 0.05) is 6.54 Å². The average Bonchev–Trinajstić information content (AvgIpc) is 2.97. The molecule has 6 heteroatoms. The number of hydrogen-bond donors (Lipinski definition) is 1. The molecule has 2 N–H and O–H groups in total. The minimum absolute atomic E-state index is 0.213. The van der Waals surface area contributed by atoms with E-state index >= 15 is 0 Å². The fraction of sp³-hybridized carbons (Fsp3) is 0.385. The first-order chi connectivity index (χ1) is 9.13. The molecule has 0 aliphatic heterocycles. The van der Waals surface area contributed by atoms with Crippen LogP contribution in [0.2, 0.25) is 0 Å². The van der Waals surface area contributed by atoms with Crippen LogP contribution in [0.5, 0.6) is 0 Å². The summed E-state index contributed by atoms with van der Waals surface area (Å²) in [4.78, 5) is 15.9. The summed E-state index contributed by atoms with van der Waals surface area (Å²) in [6.45, 7) is 4.63. The summed E-state index contributed by atoms with van der Waals surface area (Å²) in [6.07, 6.45) is 0.868. The lowest BCUT2D eigenvalue weighted by Crippen LogP contribution is -2.11. The van der Waals surface area contributed by atoms with E-state index in [0.29, 0.717) is 19.0 Å². The molecule has 0 saturated heterocycles. The lowest BCUT2D eigenvalue weighted by atomic mass is 10.2. The number of hydrogen-bond acceptors (Lipinski definition) is 5. The lowest BCUT2D eigenvalue weighted by Gasteiger charge is -2.06. The zero-order valence-electron chi connectivity index (χ0n) is 11.0. The Morgan fingerprint density at radius 1 is 1.58 bits per heavy atom. The smallest absolute Gasteiger partial charge is 0.360 e. The van der Waals surface area contributed by atoms with E-state index in [1.165, 1.54) is 5.56 Å². The van der Waals surface area contributed by atoms with Gasteiger partial charge in [-0.2, -0.15) is 11.3 Å². The van der Waals surface area contributed by atoms with Crippen molar-refractivity contribution in [3.05, 3.63) is 33.9 Å². The number of nitrogen functional groups attached to an aromatic ring is 1. The minimum Gasteiger partial charge on any atom is -0.461 e. The molecule has 102 valence electrons. The Labute approximate surface area is 116 Å². The van der Waals surface area contributed by atoms with Gasteiger partial charge in [-0.1, -0.05) is 0 Å². The van der Waals surface area contributed by atoms with Crippen LogP contribution in [0, 0.1) is 6.92 Å². The standard InChI is InChI=1S/C13H17N3O2S/c1-3-18-13(17)11-12(14)16(9(2)15-11)6-4-10-5-7-19-8-10/h5,7-8H,3-4,6,14H2,1-2H3. The van der Waals surface area contributed by atoms with Crippen molar-refractivity contribution in [1.29, 1.82) is 0 Å². The van der Waals surface area contributed by atoms with E-state index in [1.807, 2.05) is 16.9 Å². The van der Waals surface area contributed by atoms with Crippen molar-refractivity contribution in [3.8, 4) is 0 Å². The molecule has 0 amide bonds. The van der Waals surface area contributed by atoms with Crippen LogP contribution in [0.15, 0.2) is 16.8 Å². The first-order valence-electron chi connectivity index (χ1n) is 6.14. The Hall–Kier alpha value is -1.82. The van der Waals surface area contributed by atoms with Crippen LogP contribution in [-0.2, 0) is 17.7 Å². The first-order valence-corrected chi connectivity index (χ1v) is 7.08. The van der Waals surface area contributed by atoms with Crippen molar-refractivity contribution in [1.82, 2.24) is 9.55 Å². The molecule has 2 heterocycles. The molecule has 2 aromatic heterocycles. The van der Waals surface area contributed by atoms with Gasteiger partial charge in [-0.15, -0.1) is 0 Å². The topological polar surface area (TPSA) is 70.1 Å². The maximum absolute atomic E-state index is 11.7. The minimum atomic E-state index is -0.461. The molecule has 19 heavy (non-hydrogen) atoms. The van der Waals surface area contributed by atoms with Gasteiger partial charge < -0.3 is 15.0 Å². The van der Waals surface area contributed by atoms with Crippen LogP contribution >= 0.6 is 11.3 Å². The summed E-state index contributed by atoms with van der Waals surface area (Å²) in [5.41, 5.74) is 7.45. The largest absolute Gasteiger partial charge is 0.461 e. The number of aryl methyl sites for hydroxylation is 2. The van der Waals surface area contributed by atoms with E-state index in [9.17, 15) is 4.79 Å². The second-order valence-corrected chi connectivity index (χ2v) is 4.93. The van der Waals surface area contributed by atoms with Crippen LogP contribution < -0.4 is 5.73 Å². The third-order valence-electron chi connectivity index (χ3n) is 2.87. The number of imidazole rings is 1. The van der Waals surface area contributed by atoms with Gasteiger partial charge in [0.05, 0.1) is 6.61 Å². The summed E-state index contributed by atoms with van der Waals surface area (Å²) in [6, 6.07) is 2.08. The highest BCUT2D eigenvalue weighted by atomic mass is 32.1. The number of carbonyl (C=O) groups is 1. The molecule has 0 saturated carbocycles. The predicted molar refractivity (Wildman–Crippen MR) is 75.4 cm³/mol. The maximum Gasteiger partial charge on any atom is 0.360 e. The molecule has 0 aromatic carbocycles. The second kappa shape index (κ2) is 5.88. The highest BCUT2D eigenvalue weighted by Crippen LogP contribution is 2.17. The fourth-order valence-corrected chi connectivity index (χ4v) is 2.59. The number of rotatable bonds is 5. The highest BCUT2D eigenvalue weighted by molar-refractivity contribution is 7.07. The highest BCUT2D eigenvalue weighted by Gasteiger charge is 2.19. The number of thiophene rings is 1. The first kappa shape index (κ1) is 13.6. The summed E-state index contributed by atoms with van der Waals surface area (Å²) in [5.74, 6) is 0.652. The maximum atomic E-state index is 11.7. The van der Waals surface area contributed by atoms with Gasteiger partial charge in [-0.25, -0.2) is 9.78 Å². The van der Waals surface area contributed by atoms with Crippen molar-refractivity contribution < 1.29 is 9.53 Å². The van der Waals surface area contributed by atoms with E-state index in [2.05, 4.69) is 16.4 Å². The Bertz CT molecular complexity index is 561. The second-order valence-electron chi connectivity index (χ2n) is 4.15. The molecule has 2 rings (SSSR count). The van der Waals surface area contributed by atoms with Crippen LogP contribution in [0.3, 0.4) is 0 Å². The molecule has 0 spiro atoms. The van der Waals surface area contributed by atoms with E-state index in [4.69, 9.17) is 10.5 Å². The number of nitrogens with two attached hydrogens (primary N) is 1. The Balaban J connectivity index is 2.14.